The molecule has 1 fully saturated rings. The van der Waals surface area contributed by atoms with Crippen LogP contribution in [0.3, 0.4) is 0 Å². The molecule has 2 nitrogen and oxygen atoms in total. The van der Waals surface area contributed by atoms with Crippen molar-refractivity contribution >= 4 is 14.1 Å². The Morgan fingerprint density at radius 2 is 1.81 bits per heavy atom. The number of unbranched alkanes of at least 4 members (excludes halogenated alkanes) is 1. The number of hydrogen-bond donors (Lipinski definition) is 0. The van der Waals surface area contributed by atoms with E-state index in [2.05, 4.69) is 30.6 Å². The molecule has 0 aliphatic heterocycles. The fraction of sp³-hybridized carbons (Fsp3) is 0.611. The Labute approximate surface area is 129 Å². The fourth-order valence-electron chi connectivity index (χ4n) is 3.32. The molecule has 115 valence electrons. The second kappa shape index (κ2) is 9.20. The van der Waals surface area contributed by atoms with Gasteiger partial charge in [0.05, 0.1) is 13.5 Å². The highest BCUT2D eigenvalue weighted by Gasteiger charge is 2.28. The molecule has 21 heavy (non-hydrogen) atoms. The van der Waals surface area contributed by atoms with E-state index < -0.39 is 7.80 Å². The van der Waals surface area contributed by atoms with Crippen molar-refractivity contribution < 1.29 is 9.36 Å². The lowest BCUT2D eigenvalue weighted by Crippen LogP contribution is -2.22. The number of benzene rings is 1. The quantitative estimate of drug-likeness (QED) is 0.518. The van der Waals surface area contributed by atoms with Crippen molar-refractivity contribution in [3.8, 4) is 0 Å². The summed E-state index contributed by atoms with van der Waals surface area (Å²) in [5.74, 6) is 0.344. The zero-order valence-corrected chi connectivity index (χ0v) is 13.7. The lowest BCUT2D eigenvalue weighted by molar-refractivity contribution is 0.363. The monoisotopic (exact) mass is 305 g/mol. The van der Waals surface area contributed by atoms with Gasteiger partial charge in [0, 0.05) is 0 Å². The van der Waals surface area contributed by atoms with Crippen LogP contribution < -0.4 is 0 Å². The normalized spacial score (nSPS) is 19.0. The van der Waals surface area contributed by atoms with E-state index in [0.717, 1.165) is 32.1 Å². The summed E-state index contributed by atoms with van der Waals surface area (Å²) in [6, 6.07) is 10.4. The van der Waals surface area contributed by atoms with Gasteiger partial charge in [-0.05, 0) is 49.7 Å². The Balaban J connectivity index is 1.71. The van der Waals surface area contributed by atoms with Crippen molar-refractivity contribution in [2.75, 3.05) is 6.16 Å². The van der Waals surface area contributed by atoms with Gasteiger partial charge in [-0.15, -0.1) is 0 Å². The zero-order valence-electron chi connectivity index (χ0n) is 12.7. The van der Waals surface area contributed by atoms with E-state index in [1.165, 1.54) is 24.8 Å². The third-order valence-corrected chi connectivity index (χ3v) is 6.71. The van der Waals surface area contributed by atoms with Crippen molar-refractivity contribution in [3.63, 3.8) is 0 Å². The molecule has 1 saturated carbocycles. The van der Waals surface area contributed by atoms with E-state index in [4.69, 9.17) is 0 Å². The van der Waals surface area contributed by atoms with Crippen LogP contribution in [0.2, 0.25) is 0 Å². The first-order valence-corrected chi connectivity index (χ1v) is 9.95. The standard InChI is InChI=1S/C18H26O2P/c19-15-18(17-12-5-2-6-13-17)21(20)14-8-7-11-16-9-3-1-4-10-16/h1,3-4,9-10,17-18,21H,2,5-8,11-14H2. The van der Waals surface area contributed by atoms with Crippen LogP contribution in [0.5, 0.6) is 0 Å². The molecule has 1 aliphatic rings. The Morgan fingerprint density at radius 3 is 2.48 bits per heavy atom. The van der Waals surface area contributed by atoms with Gasteiger partial charge < -0.3 is 4.57 Å². The fourth-order valence-corrected chi connectivity index (χ4v) is 5.22. The van der Waals surface area contributed by atoms with E-state index in [1.54, 1.807) is 0 Å². The minimum Gasteiger partial charge on any atom is -0.326 e. The molecule has 0 spiro atoms. The first kappa shape index (κ1) is 16.5. The van der Waals surface area contributed by atoms with Crippen LogP contribution in [0.4, 0.5) is 0 Å². The van der Waals surface area contributed by atoms with Crippen molar-refractivity contribution in [3.05, 3.63) is 35.9 Å². The lowest BCUT2D eigenvalue weighted by atomic mass is 9.87. The summed E-state index contributed by atoms with van der Waals surface area (Å²) in [5, 5.41) is 0. The van der Waals surface area contributed by atoms with Gasteiger partial charge in [-0.25, -0.2) is 0 Å². The molecular formula is C18H26O2P. The Kier molecular flexibility index (Phi) is 7.23. The first-order valence-electron chi connectivity index (χ1n) is 8.25. The SMILES string of the molecule is O=[C]C(C1CCCCC1)[PH](=O)CCCCc1ccccc1. The van der Waals surface area contributed by atoms with E-state index in [0.29, 0.717) is 12.1 Å². The molecule has 2 atom stereocenters. The largest absolute Gasteiger partial charge is 0.326 e. The number of aryl methyl sites for hydroxylation is 1. The van der Waals surface area contributed by atoms with Crippen LogP contribution in [0.1, 0.15) is 50.5 Å². The van der Waals surface area contributed by atoms with Crippen LogP contribution >= 0.6 is 7.80 Å². The van der Waals surface area contributed by atoms with Gasteiger partial charge in [0.2, 0.25) is 6.29 Å². The highest BCUT2D eigenvalue weighted by atomic mass is 31.1. The maximum absolute atomic E-state index is 12.4. The van der Waals surface area contributed by atoms with Gasteiger partial charge in [0.15, 0.2) is 0 Å². The number of rotatable bonds is 8. The van der Waals surface area contributed by atoms with Crippen molar-refractivity contribution in [2.24, 2.45) is 5.92 Å². The van der Waals surface area contributed by atoms with Crippen LogP contribution in [0.15, 0.2) is 30.3 Å². The smallest absolute Gasteiger partial charge is 0.209 e. The summed E-state index contributed by atoms with van der Waals surface area (Å²) in [6.45, 7) is 0. The van der Waals surface area contributed by atoms with Crippen LogP contribution in [0.25, 0.3) is 0 Å². The summed E-state index contributed by atoms with van der Waals surface area (Å²) in [7, 11) is -1.81. The Bertz CT molecular complexity index is 438. The number of carbonyl (C=O) groups excluding carboxylic acids is 1. The van der Waals surface area contributed by atoms with Gasteiger partial charge in [0.25, 0.3) is 0 Å². The Morgan fingerprint density at radius 1 is 1.10 bits per heavy atom. The van der Waals surface area contributed by atoms with E-state index >= 15 is 0 Å². The maximum atomic E-state index is 12.4. The predicted molar refractivity (Wildman–Crippen MR) is 89.3 cm³/mol. The highest BCUT2D eigenvalue weighted by Crippen LogP contribution is 2.39. The molecule has 0 heterocycles. The molecule has 0 N–H and O–H groups in total. The van der Waals surface area contributed by atoms with Crippen LogP contribution in [0, 0.1) is 5.92 Å². The predicted octanol–water partition coefficient (Wildman–Crippen LogP) is 4.63. The molecule has 1 aliphatic carbocycles. The molecule has 0 bridgehead atoms. The lowest BCUT2D eigenvalue weighted by Gasteiger charge is -2.25. The summed E-state index contributed by atoms with van der Waals surface area (Å²) >= 11 is 0. The molecule has 0 aromatic heterocycles. The molecule has 1 aromatic rings. The summed E-state index contributed by atoms with van der Waals surface area (Å²) in [5.41, 5.74) is 1.06. The van der Waals surface area contributed by atoms with E-state index in [-0.39, 0.29) is 5.66 Å². The number of hydrogen-bond acceptors (Lipinski definition) is 2. The van der Waals surface area contributed by atoms with Gasteiger partial charge in [-0.1, -0.05) is 49.6 Å². The van der Waals surface area contributed by atoms with Gasteiger partial charge >= 0.3 is 0 Å². The first-order chi connectivity index (χ1) is 10.3. The average molecular weight is 305 g/mol. The molecule has 2 unspecified atom stereocenters. The second-order valence-electron chi connectivity index (χ2n) is 6.15. The van der Waals surface area contributed by atoms with Gasteiger partial charge in [-0.2, -0.15) is 0 Å². The molecule has 3 heteroatoms. The molecule has 0 amide bonds. The van der Waals surface area contributed by atoms with Crippen molar-refractivity contribution in [2.45, 2.75) is 57.0 Å². The van der Waals surface area contributed by atoms with Crippen molar-refractivity contribution in [1.29, 1.82) is 0 Å². The third-order valence-electron chi connectivity index (χ3n) is 4.58. The topological polar surface area (TPSA) is 34.1 Å². The minimum absolute atomic E-state index is 0.271. The van der Waals surface area contributed by atoms with Crippen LogP contribution in [-0.4, -0.2) is 18.1 Å². The molecule has 1 aromatic carbocycles. The summed E-state index contributed by atoms with van der Waals surface area (Å²) in [6.07, 6.45) is 11.7. The highest BCUT2D eigenvalue weighted by molar-refractivity contribution is 7.46. The maximum Gasteiger partial charge on any atom is 0.209 e. The molecule has 1 radical (unpaired) electrons. The summed E-state index contributed by atoms with van der Waals surface area (Å²) < 4.78 is 12.4. The van der Waals surface area contributed by atoms with Gasteiger partial charge in [0.1, 0.15) is 0 Å². The molecule has 0 saturated heterocycles. The Hall–Kier alpha value is -0.880. The second-order valence-corrected chi connectivity index (χ2v) is 8.21. The van der Waals surface area contributed by atoms with Crippen molar-refractivity contribution in [1.82, 2.24) is 0 Å². The molecule has 2 rings (SSSR count). The minimum atomic E-state index is -1.81. The molecular weight excluding hydrogens is 279 g/mol. The summed E-state index contributed by atoms with van der Waals surface area (Å²) in [4.78, 5) is 11.2. The zero-order chi connectivity index (χ0) is 14.9. The average Bonchev–Trinajstić information content (AvgIpc) is 2.54. The van der Waals surface area contributed by atoms with Gasteiger partial charge in [-0.3, -0.25) is 4.79 Å². The van der Waals surface area contributed by atoms with E-state index in [9.17, 15) is 9.36 Å². The van der Waals surface area contributed by atoms with Crippen LogP contribution in [-0.2, 0) is 15.8 Å². The third kappa shape index (κ3) is 5.43. The van der Waals surface area contributed by atoms with E-state index in [1.807, 2.05) is 6.07 Å².